The van der Waals surface area contributed by atoms with Crippen LogP contribution in [0.1, 0.15) is 39.1 Å². The third-order valence-corrected chi connectivity index (χ3v) is 4.83. The Labute approximate surface area is 163 Å². The Bertz CT molecular complexity index is 897. The van der Waals surface area contributed by atoms with Crippen LogP contribution in [0.25, 0.3) is 0 Å². The van der Waals surface area contributed by atoms with Crippen LogP contribution in [0.3, 0.4) is 0 Å². The Hall–Kier alpha value is -3.35. The summed E-state index contributed by atoms with van der Waals surface area (Å²) >= 11 is 0. The van der Waals surface area contributed by atoms with Crippen molar-refractivity contribution in [1.29, 1.82) is 0 Å². The third kappa shape index (κ3) is 4.14. The van der Waals surface area contributed by atoms with E-state index in [0.717, 1.165) is 12.0 Å². The maximum Gasteiger partial charge on any atom is 0.258 e. The van der Waals surface area contributed by atoms with Crippen LogP contribution >= 0.6 is 0 Å². The maximum atomic E-state index is 12.8. The van der Waals surface area contributed by atoms with E-state index in [4.69, 9.17) is 0 Å². The molecule has 2 aromatic carbocycles. The van der Waals surface area contributed by atoms with Gasteiger partial charge in [0.15, 0.2) is 0 Å². The van der Waals surface area contributed by atoms with Crippen LogP contribution in [0.4, 0.5) is 0 Å². The van der Waals surface area contributed by atoms with Crippen LogP contribution < -0.4 is 10.6 Å². The number of benzene rings is 2. The molecular formula is C21H23N3O4. The lowest BCUT2D eigenvalue weighted by molar-refractivity contribution is -0.125. The number of hydrogen-bond acceptors (Lipinski definition) is 4. The van der Waals surface area contributed by atoms with E-state index in [-0.39, 0.29) is 35.6 Å². The molecule has 7 heteroatoms. The van der Waals surface area contributed by atoms with Gasteiger partial charge in [-0.15, -0.1) is 0 Å². The summed E-state index contributed by atoms with van der Waals surface area (Å²) in [6.45, 7) is 0.732. The summed E-state index contributed by atoms with van der Waals surface area (Å²) in [5.74, 6) is -0.878. The van der Waals surface area contributed by atoms with E-state index in [1.54, 1.807) is 43.4 Å². The highest BCUT2D eigenvalue weighted by Crippen LogP contribution is 2.24. The number of likely N-dealkylation sites (tertiary alicyclic amines) is 1. The number of rotatable bonds is 5. The number of nitrogens with zero attached hydrogens (tertiary/aromatic N) is 1. The van der Waals surface area contributed by atoms with Crippen molar-refractivity contribution in [3.05, 3.63) is 65.2 Å². The van der Waals surface area contributed by atoms with Gasteiger partial charge in [-0.3, -0.25) is 14.4 Å². The number of carbonyl (C=O) groups excluding carboxylic acids is 3. The van der Waals surface area contributed by atoms with Crippen molar-refractivity contribution in [3.63, 3.8) is 0 Å². The average molecular weight is 381 g/mol. The number of aromatic hydroxyl groups is 1. The summed E-state index contributed by atoms with van der Waals surface area (Å²) in [5, 5.41) is 15.3. The maximum absolute atomic E-state index is 12.8. The van der Waals surface area contributed by atoms with E-state index < -0.39 is 6.04 Å². The third-order valence-electron chi connectivity index (χ3n) is 4.83. The van der Waals surface area contributed by atoms with Gasteiger partial charge in [0.1, 0.15) is 11.8 Å². The van der Waals surface area contributed by atoms with Gasteiger partial charge in [-0.1, -0.05) is 24.3 Å². The van der Waals surface area contributed by atoms with Gasteiger partial charge in [0.25, 0.3) is 11.8 Å². The first-order chi connectivity index (χ1) is 13.5. The first kappa shape index (κ1) is 19.4. The summed E-state index contributed by atoms with van der Waals surface area (Å²) in [6, 6.07) is 12.8. The average Bonchev–Trinajstić information content (AvgIpc) is 3.21. The molecule has 1 aliphatic rings. The lowest BCUT2D eigenvalue weighted by Crippen LogP contribution is -2.45. The molecule has 3 amide bonds. The predicted molar refractivity (Wildman–Crippen MR) is 104 cm³/mol. The second-order valence-corrected chi connectivity index (χ2v) is 6.67. The molecule has 1 saturated heterocycles. The number of phenolic OH excluding ortho intramolecular Hbond substituents is 1. The molecule has 0 saturated carbocycles. The molecule has 28 heavy (non-hydrogen) atoms. The van der Waals surface area contributed by atoms with Crippen LogP contribution in [0.15, 0.2) is 48.5 Å². The molecule has 7 nitrogen and oxygen atoms in total. The second-order valence-electron chi connectivity index (χ2n) is 6.67. The van der Waals surface area contributed by atoms with Gasteiger partial charge < -0.3 is 20.6 Å². The summed E-state index contributed by atoms with van der Waals surface area (Å²) in [5.41, 5.74) is 1.51. The quantitative estimate of drug-likeness (QED) is 0.734. The second kappa shape index (κ2) is 8.56. The van der Waals surface area contributed by atoms with E-state index in [0.29, 0.717) is 18.5 Å². The number of hydrogen-bond donors (Lipinski definition) is 3. The molecule has 146 valence electrons. The van der Waals surface area contributed by atoms with Crippen molar-refractivity contribution in [2.45, 2.75) is 25.4 Å². The fourth-order valence-corrected chi connectivity index (χ4v) is 3.37. The Morgan fingerprint density at radius 1 is 1.14 bits per heavy atom. The number of para-hydroxylation sites is 1. The van der Waals surface area contributed by atoms with Crippen LogP contribution in [-0.2, 0) is 11.3 Å². The molecular weight excluding hydrogens is 358 g/mol. The Morgan fingerprint density at radius 3 is 2.68 bits per heavy atom. The van der Waals surface area contributed by atoms with Crippen molar-refractivity contribution in [2.75, 3.05) is 13.6 Å². The number of phenols is 1. The fraction of sp³-hybridized carbons (Fsp3) is 0.286. The van der Waals surface area contributed by atoms with Crippen molar-refractivity contribution >= 4 is 17.7 Å². The standard InChI is InChI=1S/C21H23N3O4/c1-22-19(26)15-7-4-6-14(12-15)13-23-20(27)17-9-5-11-24(17)21(28)16-8-2-3-10-18(16)25/h2-4,6-8,10,12,17,25H,5,9,11,13H2,1H3,(H,22,26)(H,23,27). The van der Waals surface area contributed by atoms with Crippen LogP contribution in [0.5, 0.6) is 5.75 Å². The first-order valence-electron chi connectivity index (χ1n) is 9.19. The molecule has 0 bridgehead atoms. The molecule has 1 aliphatic heterocycles. The molecule has 2 aromatic rings. The van der Waals surface area contributed by atoms with E-state index in [2.05, 4.69) is 10.6 Å². The van der Waals surface area contributed by atoms with Gasteiger partial charge in [0.05, 0.1) is 5.56 Å². The van der Waals surface area contributed by atoms with Gasteiger partial charge >= 0.3 is 0 Å². The fourth-order valence-electron chi connectivity index (χ4n) is 3.37. The van der Waals surface area contributed by atoms with Crippen molar-refractivity contribution in [2.24, 2.45) is 0 Å². The van der Waals surface area contributed by atoms with E-state index in [1.807, 2.05) is 6.07 Å². The predicted octanol–water partition coefficient (Wildman–Crippen LogP) is 1.67. The Morgan fingerprint density at radius 2 is 1.93 bits per heavy atom. The topological polar surface area (TPSA) is 98.7 Å². The molecule has 1 unspecified atom stereocenters. The monoisotopic (exact) mass is 381 g/mol. The molecule has 1 heterocycles. The van der Waals surface area contributed by atoms with Gasteiger partial charge in [0, 0.05) is 25.7 Å². The molecule has 3 rings (SSSR count). The smallest absolute Gasteiger partial charge is 0.258 e. The van der Waals surface area contributed by atoms with Gasteiger partial charge in [-0.2, -0.15) is 0 Å². The van der Waals surface area contributed by atoms with Gasteiger partial charge in [0.2, 0.25) is 5.91 Å². The number of carbonyl (C=O) groups is 3. The zero-order valence-corrected chi connectivity index (χ0v) is 15.6. The van der Waals surface area contributed by atoms with Crippen LogP contribution in [0, 0.1) is 0 Å². The van der Waals surface area contributed by atoms with Crippen LogP contribution in [0.2, 0.25) is 0 Å². The van der Waals surface area contributed by atoms with Crippen molar-refractivity contribution < 1.29 is 19.5 Å². The molecule has 0 aromatic heterocycles. The highest BCUT2D eigenvalue weighted by atomic mass is 16.3. The van der Waals surface area contributed by atoms with Crippen molar-refractivity contribution in [1.82, 2.24) is 15.5 Å². The summed E-state index contributed by atoms with van der Waals surface area (Å²) < 4.78 is 0. The molecule has 1 atom stereocenters. The Balaban J connectivity index is 1.66. The summed E-state index contributed by atoms with van der Waals surface area (Å²) in [4.78, 5) is 38.7. The van der Waals surface area contributed by atoms with E-state index >= 15 is 0 Å². The van der Waals surface area contributed by atoms with E-state index in [9.17, 15) is 19.5 Å². The lowest BCUT2D eigenvalue weighted by atomic mass is 10.1. The van der Waals surface area contributed by atoms with Gasteiger partial charge in [-0.25, -0.2) is 0 Å². The summed E-state index contributed by atoms with van der Waals surface area (Å²) in [6.07, 6.45) is 1.30. The minimum Gasteiger partial charge on any atom is -0.507 e. The van der Waals surface area contributed by atoms with Crippen LogP contribution in [-0.4, -0.2) is 47.4 Å². The largest absolute Gasteiger partial charge is 0.507 e. The normalized spacial score (nSPS) is 15.9. The lowest BCUT2D eigenvalue weighted by Gasteiger charge is -2.24. The SMILES string of the molecule is CNC(=O)c1cccc(CNC(=O)C2CCCN2C(=O)c2ccccc2O)c1. The number of nitrogens with one attached hydrogen (secondary N) is 2. The number of amides is 3. The zero-order valence-electron chi connectivity index (χ0n) is 15.6. The minimum atomic E-state index is -0.575. The molecule has 3 N–H and O–H groups in total. The van der Waals surface area contributed by atoms with Crippen molar-refractivity contribution in [3.8, 4) is 5.75 Å². The summed E-state index contributed by atoms with van der Waals surface area (Å²) in [7, 11) is 1.56. The molecule has 0 aliphatic carbocycles. The highest BCUT2D eigenvalue weighted by molar-refractivity contribution is 6.00. The Kier molecular flexibility index (Phi) is 5.93. The highest BCUT2D eigenvalue weighted by Gasteiger charge is 2.35. The minimum absolute atomic E-state index is 0.0930. The van der Waals surface area contributed by atoms with Gasteiger partial charge in [-0.05, 0) is 42.7 Å². The molecule has 0 spiro atoms. The molecule has 1 fully saturated rings. The van der Waals surface area contributed by atoms with E-state index in [1.165, 1.54) is 11.0 Å². The first-order valence-corrected chi connectivity index (χ1v) is 9.19. The molecule has 0 radical (unpaired) electrons. The zero-order chi connectivity index (χ0) is 20.1.